The van der Waals surface area contributed by atoms with Gasteiger partial charge in [0.2, 0.25) is 12.2 Å². The van der Waals surface area contributed by atoms with Gasteiger partial charge in [-0.3, -0.25) is 14.4 Å². The van der Waals surface area contributed by atoms with Crippen molar-refractivity contribution in [3.8, 4) is 0 Å². The predicted octanol–water partition coefficient (Wildman–Crippen LogP) is 10.4. The van der Waals surface area contributed by atoms with Crippen LogP contribution in [0.1, 0.15) is 109 Å². The molecule has 14 nitrogen and oxygen atoms in total. The summed E-state index contributed by atoms with van der Waals surface area (Å²) in [5.74, 6) is -2.91. The van der Waals surface area contributed by atoms with E-state index in [9.17, 15) is 19.2 Å². The van der Waals surface area contributed by atoms with Crippen molar-refractivity contribution in [2.24, 2.45) is 0 Å². The molecule has 2 fully saturated rings. The summed E-state index contributed by atoms with van der Waals surface area (Å²) in [4.78, 5) is 46.0. The third-order valence-electron chi connectivity index (χ3n) is 12.4. The largest absolute Gasteiger partial charge is 0.495 e. The van der Waals surface area contributed by atoms with Gasteiger partial charge < -0.3 is 50.0 Å². The molecule has 0 saturated carbocycles. The average Bonchev–Trinajstić information content (AvgIpc) is 3.62. The number of carbonyl (C=O) groups is 4. The molecule has 1 amide bonds. The molecule has 2 aliphatic heterocycles. The molecule has 5 aromatic rings. The Balaban J connectivity index is 0.000000231. The fraction of sp³-hybridized carbons (Fsp3) is 0.358. The van der Waals surface area contributed by atoms with Gasteiger partial charge in [0.15, 0.2) is 0 Å². The Morgan fingerprint density at radius 3 is 1.35 bits per heavy atom. The number of benzene rings is 5. The van der Waals surface area contributed by atoms with Crippen LogP contribution in [0.2, 0.25) is 10.0 Å². The maximum Gasteiger partial charge on any atom is 0.495 e. The van der Waals surface area contributed by atoms with Crippen LogP contribution in [-0.4, -0.2) is 65.6 Å². The van der Waals surface area contributed by atoms with Gasteiger partial charge in [-0.15, -0.1) is 0 Å². The van der Waals surface area contributed by atoms with Crippen molar-refractivity contribution < 1.29 is 52.4 Å². The number of carboxylic acids is 1. The molecule has 0 bridgehead atoms. The van der Waals surface area contributed by atoms with Gasteiger partial charge in [-0.05, 0) is 171 Å². The van der Waals surface area contributed by atoms with Crippen LogP contribution in [0, 0.1) is 20.8 Å². The highest BCUT2D eigenvalue weighted by Crippen LogP contribution is 2.38. The van der Waals surface area contributed by atoms with Crippen LogP contribution in [0.15, 0.2) is 108 Å². The van der Waals surface area contributed by atoms with Crippen molar-refractivity contribution >= 4 is 105 Å². The molecule has 72 heavy (non-hydrogen) atoms. The lowest BCUT2D eigenvalue weighted by Gasteiger charge is -2.32. The second-order valence-corrected chi connectivity index (χ2v) is 21.0. The molecule has 2 atom stereocenters. The number of carbonyl (C=O) groups excluding carboxylic acids is 3. The van der Waals surface area contributed by atoms with Gasteiger partial charge in [0.1, 0.15) is 0 Å². The predicted molar refractivity (Wildman–Crippen MR) is 290 cm³/mol. The third kappa shape index (κ3) is 16.1. The molecule has 384 valence electrons. The highest BCUT2D eigenvalue weighted by atomic mass is 79.9. The van der Waals surface area contributed by atoms with Gasteiger partial charge in [-0.2, -0.15) is 0 Å². The van der Waals surface area contributed by atoms with E-state index in [0.29, 0.717) is 26.9 Å². The van der Waals surface area contributed by atoms with Crippen LogP contribution in [0.3, 0.4) is 0 Å². The van der Waals surface area contributed by atoms with Gasteiger partial charge in [0.05, 0.1) is 22.4 Å². The SMILES string of the molecule is CC(=O)OC(C(=O)Nc1ccc(B2OC(C)(C)C(C)(C)O2)c(C)c1)c1cccc(Cl)c1.CC(=O)OC(C(=O)O)c1cccc(Cl)c1.Cc1cc(N)ccc1B1OC(C)(C)C(C)(C)O1.Cc1cc(N)ccc1Br. The number of aliphatic carboxylic acids is 1. The Hall–Kier alpha value is -5.39. The van der Waals surface area contributed by atoms with Crippen LogP contribution in [-0.2, 0) is 47.3 Å². The molecule has 0 aromatic heterocycles. The summed E-state index contributed by atoms with van der Waals surface area (Å²) in [6.07, 6.45) is -2.42. The second kappa shape index (κ2) is 24.6. The topological polar surface area (TPSA) is 208 Å². The molecule has 0 spiro atoms. The summed E-state index contributed by atoms with van der Waals surface area (Å²) in [5.41, 5.74) is 17.9. The quantitative estimate of drug-likeness (QED) is 0.0616. The van der Waals surface area contributed by atoms with Gasteiger partial charge in [0.25, 0.3) is 5.91 Å². The number of aryl methyl sites for hydroxylation is 3. The van der Waals surface area contributed by atoms with Crippen molar-refractivity contribution in [1.29, 1.82) is 0 Å². The number of esters is 2. The number of halogens is 3. The summed E-state index contributed by atoms with van der Waals surface area (Å²) < 4.78 is 35.3. The Morgan fingerprint density at radius 1 is 0.583 bits per heavy atom. The number of nitrogens with one attached hydrogen (secondary N) is 1. The zero-order valence-electron chi connectivity index (χ0n) is 42.9. The number of hydrogen-bond donors (Lipinski definition) is 4. The highest BCUT2D eigenvalue weighted by Gasteiger charge is 2.53. The second-order valence-electron chi connectivity index (χ2n) is 19.3. The summed E-state index contributed by atoms with van der Waals surface area (Å²) in [5, 5.41) is 12.5. The molecule has 6 N–H and O–H groups in total. The molecule has 2 unspecified atom stereocenters. The molecule has 2 aliphatic rings. The van der Waals surface area contributed by atoms with Crippen molar-refractivity contribution in [2.75, 3.05) is 16.8 Å². The van der Waals surface area contributed by atoms with Crippen LogP contribution in [0.25, 0.3) is 0 Å². The van der Waals surface area contributed by atoms with E-state index in [1.165, 1.54) is 24.6 Å². The number of anilines is 3. The number of rotatable bonds is 9. The fourth-order valence-electron chi connectivity index (χ4n) is 7.00. The van der Waals surface area contributed by atoms with Crippen molar-refractivity contribution in [2.45, 2.75) is 125 Å². The minimum atomic E-state index is -1.30. The van der Waals surface area contributed by atoms with Crippen LogP contribution >= 0.6 is 39.1 Å². The molecular formula is C53H64B2BrCl2N3O11. The molecule has 7 rings (SSSR count). The van der Waals surface area contributed by atoms with E-state index in [2.05, 4.69) is 53.7 Å². The first kappa shape index (κ1) is 59.2. The number of amides is 1. The van der Waals surface area contributed by atoms with Gasteiger partial charge >= 0.3 is 32.1 Å². The first-order chi connectivity index (χ1) is 33.3. The summed E-state index contributed by atoms with van der Waals surface area (Å²) in [7, 11) is -0.796. The van der Waals surface area contributed by atoms with Crippen molar-refractivity contribution in [3.63, 3.8) is 0 Å². The molecule has 0 radical (unpaired) electrons. The summed E-state index contributed by atoms with van der Waals surface area (Å²) in [6.45, 7) is 24.6. The first-order valence-corrected chi connectivity index (χ1v) is 24.5. The minimum Gasteiger partial charge on any atom is -0.478 e. The Bertz CT molecular complexity index is 2730. The molecular weight excluding hydrogens is 1030 g/mol. The van der Waals surface area contributed by atoms with Crippen molar-refractivity contribution in [1.82, 2.24) is 0 Å². The Morgan fingerprint density at radius 2 is 0.972 bits per heavy atom. The van der Waals surface area contributed by atoms with Crippen LogP contribution < -0.4 is 27.7 Å². The van der Waals surface area contributed by atoms with E-state index in [4.69, 9.17) is 63.1 Å². The van der Waals surface area contributed by atoms with Gasteiger partial charge in [0, 0.05) is 56.6 Å². The number of hydrogen-bond acceptors (Lipinski definition) is 12. The molecule has 19 heteroatoms. The van der Waals surface area contributed by atoms with E-state index in [1.54, 1.807) is 42.5 Å². The number of nitrogen functional groups attached to an aromatic ring is 2. The first-order valence-electron chi connectivity index (χ1n) is 22.9. The zero-order chi connectivity index (χ0) is 54.1. The lowest BCUT2D eigenvalue weighted by Crippen LogP contribution is -2.41. The summed E-state index contributed by atoms with van der Waals surface area (Å²) >= 11 is 15.1. The Labute approximate surface area is 442 Å². The minimum absolute atomic E-state index is 0.300. The zero-order valence-corrected chi connectivity index (χ0v) is 46.0. The highest BCUT2D eigenvalue weighted by molar-refractivity contribution is 9.10. The smallest absolute Gasteiger partial charge is 0.478 e. The number of ether oxygens (including phenoxy) is 2. The van der Waals surface area contributed by atoms with Crippen LogP contribution in [0.5, 0.6) is 0 Å². The van der Waals surface area contributed by atoms with E-state index in [1.807, 2.05) is 97.0 Å². The molecule has 2 saturated heterocycles. The van der Waals surface area contributed by atoms with E-state index >= 15 is 0 Å². The normalized spacial score (nSPS) is 16.5. The Kier molecular flexibility index (Phi) is 20.2. The van der Waals surface area contributed by atoms with Gasteiger partial charge in [-0.1, -0.05) is 75.5 Å². The summed E-state index contributed by atoms with van der Waals surface area (Å²) in [6, 6.07) is 29.9. The molecule has 2 heterocycles. The van der Waals surface area contributed by atoms with E-state index in [-0.39, 0.29) is 18.3 Å². The lowest BCUT2D eigenvalue weighted by atomic mass is 9.76. The number of carboxylic acid groups (broad SMARTS) is 1. The standard InChI is InChI=1S/C23H27BClNO5.C13H20BNO2.C10H9ClO4.C7H8BrN/c1-14-12-18(10-11-19(14)24-30-22(3,4)23(5,6)31-24)26-21(28)20(29-15(2)27)16-8-7-9-17(25)13-16;1-9-8-10(15)6-7-11(9)14-16-12(2,3)13(4,5)17-14;1-6(12)15-9(10(13)14)7-3-2-4-8(11)5-7;1-5-4-6(9)2-3-7(5)8/h7-13,20H,1-6H3,(H,26,28);6-8H,15H2,1-5H3;2-5,9H,1H3,(H,13,14);2-4H,9H2,1H3. The lowest BCUT2D eigenvalue weighted by molar-refractivity contribution is -0.163. The average molecular weight is 1090 g/mol. The van der Waals surface area contributed by atoms with E-state index in [0.717, 1.165) is 44.8 Å². The molecule has 0 aliphatic carbocycles. The fourth-order valence-corrected chi connectivity index (χ4v) is 7.65. The maximum atomic E-state index is 12.9. The third-order valence-corrected chi connectivity index (χ3v) is 13.7. The number of nitrogens with two attached hydrogens (primary N) is 2. The van der Waals surface area contributed by atoms with Crippen molar-refractivity contribution in [3.05, 3.63) is 145 Å². The molecule has 5 aromatic carbocycles. The monoisotopic (exact) mass is 1090 g/mol. The van der Waals surface area contributed by atoms with E-state index < -0.39 is 54.3 Å². The van der Waals surface area contributed by atoms with Gasteiger partial charge in [-0.25, -0.2) is 4.79 Å². The van der Waals surface area contributed by atoms with Crippen LogP contribution in [0.4, 0.5) is 17.1 Å². The maximum absolute atomic E-state index is 12.9.